The predicted molar refractivity (Wildman–Crippen MR) is 74.5 cm³/mol. The summed E-state index contributed by atoms with van der Waals surface area (Å²) in [7, 11) is -3.55. The largest absolute Gasteiger partial charge is 0.392 e. The molecule has 1 aromatic rings. The van der Waals surface area contributed by atoms with Crippen LogP contribution in [0, 0.1) is 5.92 Å². The molecule has 1 aromatic carbocycles. The summed E-state index contributed by atoms with van der Waals surface area (Å²) in [6.07, 6.45) is 1.88. The van der Waals surface area contributed by atoms with Crippen molar-refractivity contribution in [3.05, 3.63) is 28.8 Å². The molecule has 0 spiro atoms. The second-order valence-electron chi connectivity index (χ2n) is 4.85. The molecule has 1 N–H and O–H groups in total. The number of nitrogens with zero attached hydrogens (tertiary/aromatic N) is 1. The van der Waals surface area contributed by atoms with Crippen molar-refractivity contribution in [1.82, 2.24) is 4.31 Å². The fraction of sp³-hybridized carbons (Fsp3) is 0.538. The van der Waals surface area contributed by atoms with Crippen molar-refractivity contribution in [2.75, 3.05) is 13.1 Å². The molecule has 0 radical (unpaired) electrons. The van der Waals surface area contributed by atoms with Gasteiger partial charge in [-0.1, -0.05) is 31.0 Å². The second kappa shape index (κ2) is 5.79. The van der Waals surface area contributed by atoms with Crippen LogP contribution in [0.2, 0.25) is 5.02 Å². The van der Waals surface area contributed by atoms with E-state index in [2.05, 4.69) is 6.92 Å². The van der Waals surface area contributed by atoms with Crippen molar-refractivity contribution >= 4 is 21.6 Å². The van der Waals surface area contributed by atoms with Crippen molar-refractivity contribution in [3.8, 4) is 0 Å². The molecule has 1 fully saturated rings. The summed E-state index contributed by atoms with van der Waals surface area (Å²) < 4.78 is 26.6. The monoisotopic (exact) mass is 303 g/mol. The second-order valence-corrected chi connectivity index (χ2v) is 7.16. The summed E-state index contributed by atoms with van der Waals surface area (Å²) in [6, 6.07) is 4.60. The van der Waals surface area contributed by atoms with Crippen LogP contribution in [-0.2, 0) is 16.6 Å². The van der Waals surface area contributed by atoms with Crippen molar-refractivity contribution in [2.24, 2.45) is 5.92 Å². The molecule has 1 aliphatic heterocycles. The van der Waals surface area contributed by atoms with Crippen molar-refractivity contribution in [3.63, 3.8) is 0 Å². The van der Waals surface area contributed by atoms with Gasteiger partial charge in [-0.25, -0.2) is 8.42 Å². The van der Waals surface area contributed by atoms with E-state index < -0.39 is 10.0 Å². The average molecular weight is 304 g/mol. The Hall–Kier alpha value is -0.620. The third kappa shape index (κ3) is 2.94. The number of rotatable bonds is 4. The number of benzene rings is 1. The van der Waals surface area contributed by atoms with Crippen LogP contribution in [0.3, 0.4) is 0 Å². The lowest BCUT2D eigenvalue weighted by atomic mass is 10.1. The van der Waals surface area contributed by atoms with Gasteiger partial charge in [0.25, 0.3) is 0 Å². The van der Waals surface area contributed by atoms with E-state index in [0.29, 0.717) is 24.6 Å². The highest BCUT2D eigenvalue weighted by Gasteiger charge is 2.33. The maximum Gasteiger partial charge on any atom is 0.244 e. The Morgan fingerprint density at radius 2 is 2.21 bits per heavy atom. The summed E-state index contributed by atoms with van der Waals surface area (Å²) in [6.45, 7) is 2.97. The molecule has 4 nitrogen and oxygen atoms in total. The minimum Gasteiger partial charge on any atom is -0.392 e. The Morgan fingerprint density at radius 3 is 2.79 bits per heavy atom. The first-order valence-electron chi connectivity index (χ1n) is 6.38. The summed E-state index contributed by atoms with van der Waals surface area (Å²) in [5.41, 5.74) is 0.550. The van der Waals surface area contributed by atoms with Gasteiger partial charge in [0.15, 0.2) is 0 Å². The SMILES string of the molecule is CCC1CCN(S(=O)(=O)c2cc(CO)ccc2Cl)C1. The molecular weight excluding hydrogens is 286 g/mol. The standard InChI is InChI=1S/C13H18ClNO3S/c1-2-10-5-6-15(8-10)19(17,18)13-7-11(9-16)3-4-12(13)14/h3-4,7,10,16H,2,5-6,8-9H2,1H3. The van der Waals surface area contributed by atoms with Gasteiger partial charge in [0, 0.05) is 13.1 Å². The Kier molecular flexibility index (Phi) is 4.50. The zero-order chi connectivity index (χ0) is 14.0. The molecule has 19 heavy (non-hydrogen) atoms. The fourth-order valence-corrected chi connectivity index (χ4v) is 4.39. The molecular formula is C13H18ClNO3S. The first-order chi connectivity index (χ1) is 8.98. The molecule has 2 rings (SSSR count). The highest BCUT2D eigenvalue weighted by molar-refractivity contribution is 7.89. The van der Waals surface area contributed by atoms with Crippen molar-refractivity contribution < 1.29 is 13.5 Å². The first kappa shape index (κ1) is 14.8. The third-order valence-electron chi connectivity index (χ3n) is 3.62. The van der Waals surface area contributed by atoms with Gasteiger partial charge in [-0.05, 0) is 30.0 Å². The van der Waals surface area contributed by atoms with Crippen molar-refractivity contribution in [1.29, 1.82) is 0 Å². The smallest absolute Gasteiger partial charge is 0.244 e. The Labute approximate surface area is 119 Å². The Bertz CT molecular complexity index is 559. The summed E-state index contributed by atoms with van der Waals surface area (Å²) >= 11 is 6.00. The van der Waals surface area contributed by atoms with Crippen LogP contribution in [-0.4, -0.2) is 30.9 Å². The van der Waals surface area contributed by atoms with Crippen LogP contribution in [0.4, 0.5) is 0 Å². The quantitative estimate of drug-likeness (QED) is 0.928. The fourth-order valence-electron chi connectivity index (χ4n) is 2.33. The van der Waals surface area contributed by atoms with Gasteiger partial charge < -0.3 is 5.11 Å². The molecule has 6 heteroatoms. The minimum absolute atomic E-state index is 0.0949. The summed E-state index contributed by atoms with van der Waals surface area (Å²) in [5, 5.41) is 9.32. The Morgan fingerprint density at radius 1 is 1.47 bits per heavy atom. The maximum absolute atomic E-state index is 12.5. The van der Waals surface area contributed by atoms with E-state index >= 15 is 0 Å². The van der Waals surface area contributed by atoms with Gasteiger partial charge in [-0.15, -0.1) is 0 Å². The minimum atomic E-state index is -3.55. The zero-order valence-corrected chi connectivity index (χ0v) is 12.4. The van der Waals surface area contributed by atoms with Crippen LogP contribution >= 0.6 is 11.6 Å². The van der Waals surface area contributed by atoms with Crippen LogP contribution in [0.5, 0.6) is 0 Å². The lowest BCUT2D eigenvalue weighted by Crippen LogP contribution is -2.29. The predicted octanol–water partition coefficient (Wildman–Crippen LogP) is 2.25. The van der Waals surface area contributed by atoms with E-state index in [9.17, 15) is 8.42 Å². The van der Waals surface area contributed by atoms with Gasteiger partial charge in [0.2, 0.25) is 10.0 Å². The summed E-state index contributed by atoms with van der Waals surface area (Å²) in [4.78, 5) is 0.0949. The third-order valence-corrected chi connectivity index (χ3v) is 5.97. The molecule has 106 valence electrons. The van der Waals surface area contributed by atoms with Crippen LogP contribution < -0.4 is 0 Å². The number of aliphatic hydroxyl groups excluding tert-OH is 1. The lowest BCUT2D eigenvalue weighted by Gasteiger charge is -2.17. The van der Waals surface area contributed by atoms with Crippen LogP contribution in [0.15, 0.2) is 23.1 Å². The van der Waals surface area contributed by atoms with Crippen molar-refractivity contribution in [2.45, 2.75) is 31.3 Å². The van der Waals surface area contributed by atoms with Gasteiger partial charge in [0.05, 0.1) is 11.6 Å². The maximum atomic E-state index is 12.5. The first-order valence-corrected chi connectivity index (χ1v) is 8.20. The van der Waals surface area contributed by atoms with E-state index in [0.717, 1.165) is 12.8 Å². The van der Waals surface area contributed by atoms with E-state index in [4.69, 9.17) is 16.7 Å². The van der Waals surface area contributed by atoms with E-state index in [1.54, 1.807) is 6.07 Å². The number of sulfonamides is 1. The van der Waals surface area contributed by atoms with Gasteiger partial charge in [0.1, 0.15) is 4.90 Å². The highest BCUT2D eigenvalue weighted by Crippen LogP contribution is 2.30. The summed E-state index contributed by atoms with van der Waals surface area (Å²) in [5.74, 6) is 0.426. The Balaban J connectivity index is 2.34. The molecule has 1 atom stereocenters. The number of hydrogen-bond acceptors (Lipinski definition) is 3. The molecule has 0 amide bonds. The van der Waals surface area contributed by atoms with Crippen LogP contribution in [0.1, 0.15) is 25.3 Å². The molecule has 0 aliphatic carbocycles. The lowest BCUT2D eigenvalue weighted by molar-refractivity contribution is 0.281. The van der Waals surface area contributed by atoms with Gasteiger partial charge in [-0.3, -0.25) is 0 Å². The van der Waals surface area contributed by atoms with E-state index in [1.165, 1.54) is 16.4 Å². The molecule has 1 saturated heterocycles. The number of aliphatic hydroxyl groups is 1. The highest BCUT2D eigenvalue weighted by atomic mass is 35.5. The molecule has 0 aromatic heterocycles. The topological polar surface area (TPSA) is 57.6 Å². The molecule has 1 unspecified atom stereocenters. The van der Waals surface area contributed by atoms with E-state index in [1.807, 2.05) is 0 Å². The van der Waals surface area contributed by atoms with Gasteiger partial charge in [-0.2, -0.15) is 4.31 Å². The molecule has 0 bridgehead atoms. The average Bonchev–Trinajstić information content (AvgIpc) is 2.88. The molecule has 1 aliphatic rings. The van der Waals surface area contributed by atoms with E-state index in [-0.39, 0.29) is 16.5 Å². The normalized spacial score (nSPS) is 20.9. The van der Waals surface area contributed by atoms with Crippen LogP contribution in [0.25, 0.3) is 0 Å². The number of hydrogen-bond donors (Lipinski definition) is 1. The number of halogens is 1. The zero-order valence-electron chi connectivity index (χ0n) is 10.8. The molecule has 0 saturated carbocycles. The van der Waals surface area contributed by atoms with Gasteiger partial charge >= 0.3 is 0 Å². The molecule has 1 heterocycles.